The predicted molar refractivity (Wildman–Crippen MR) is 235 cm³/mol. The monoisotopic (exact) mass is 836 g/mol. The lowest BCUT2D eigenvalue weighted by molar-refractivity contribution is -0.161. The van der Waals surface area contributed by atoms with Crippen LogP contribution in [0, 0.1) is 0 Å². The molecule has 3 atom stereocenters. The fourth-order valence-corrected chi connectivity index (χ4v) is 6.42. The molecule has 0 aliphatic carbocycles. The van der Waals surface area contributed by atoms with Crippen molar-refractivity contribution in [2.45, 2.75) is 180 Å². The van der Waals surface area contributed by atoms with E-state index >= 15 is 0 Å². The maximum absolute atomic E-state index is 12.6. The summed E-state index contributed by atoms with van der Waals surface area (Å²) in [5, 5.41) is 8.88. The normalized spacial score (nSPS) is 14.4. The first-order valence-corrected chi connectivity index (χ1v) is 23.5. The van der Waals surface area contributed by atoms with Crippen molar-refractivity contribution in [2.75, 3.05) is 19.8 Å². The molecule has 0 aliphatic heterocycles. The van der Waals surface area contributed by atoms with Crippen LogP contribution in [0.3, 0.4) is 0 Å². The molecule has 0 saturated carbocycles. The molecule has 0 amide bonds. The Bertz CT molecular complexity index is 1260. The Morgan fingerprint density at radius 3 is 1.57 bits per heavy atom. The maximum Gasteiger partial charge on any atom is 0.472 e. The van der Waals surface area contributed by atoms with E-state index in [1.165, 1.54) is 70.6 Å². The fraction of sp³-hybridized carbons (Fsp3) is 0.674. The summed E-state index contributed by atoms with van der Waals surface area (Å²) in [4.78, 5) is 45.9. The molecular weight excluding hydrogens is 757 g/mol. The molecule has 0 aromatic rings. The van der Waals surface area contributed by atoms with Crippen LogP contribution in [0.1, 0.15) is 168 Å². The second kappa shape index (κ2) is 40.7. The molecule has 0 radical (unpaired) electrons. The molecule has 0 aliphatic rings. The van der Waals surface area contributed by atoms with E-state index in [-0.39, 0.29) is 19.4 Å². The van der Waals surface area contributed by atoms with Gasteiger partial charge >= 0.3 is 25.7 Å². The van der Waals surface area contributed by atoms with Crippen LogP contribution in [0.5, 0.6) is 0 Å². The lowest BCUT2D eigenvalue weighted by Gasteiger charge is -2.20. The highest BCUT2D eigenvalue weighted by atomic mass is 31.2. The van der Waals surface area contributed by atoms with E-state index in [1.54, 1.807) is 0 Å². The Balaban J connectivity index is 4.31. The summed E-state index contributed by atoms with van der Waals surface area (Å²) >= 11 is 0. The van der Waals surface area contributed by atoms with Crippen molar-refractivity contribution in [3.05, 3.63) is 72.9 Å². The van der Waals surface area contributed by atoms with Crippen molar-refractivity contribution in [1.82, 2.24) is 0 Å². The molecule has 2 unspecified atom stereocenters. The molecule has 0 rings (SSSR count). The summed E-state index contributed by atoms with van der Waals surface area (Å²) in [6.07, 6.45) is 48.4. The van der Waals surface area contributed by atoms with E-state index in [0.29, 0.717) is 12.8 Å². The first-order valence-electron chi connectivity index (χ1n) is 22.0. The van der Waals surface area contributed by atoms with Crippen molar-refractivity contribution in [2.24, 2.45) is 5.73 Å². The van der Waals surface area contributed by atoms with E-state index in [4.69, 9.17) is 24.8 Å². The largest absolute Gasteiger partial charge is 0.480 e. The van der Waals surface area contributed by atoms with Gasteiger partial charge in [0.15, 0.2) is 6.10 Å². The van der Waals surface area contributed by atoms with Gasteiger partial charge in [0.05, 0.1) is 13.2 Å². The summed E-state index contributed by atoms with van der Waals surface area (Å²) in [6, 6.07) is -1.53. The molecule has 332 valence electrons. The highest BCUT2D eigenvalue weighted by molar-refractivity contribution is 7.47. The van der Waals surface area contributed by atoms with Crippen LogP contribution >= 0.6 is 7.82 Å². The van der Waals surface area contributed by atoms with Gasteiger partial charge in [-0.25, -0.2) is 4.57 Å². The van der Waals surface area contributed by atoms with Crippen LogP contribution < -0.4 is 5.73 Å². The molecule has 0 aromatic carbocycles. The summed E-state index contributed by atoms with van der Waals surface area (Å²) in [6.45, 7) is 2.51. The molecule has 0 spiro atoms. The topological polar surface area (TPSA) is 172 Å². The Labute approximate surface area is 350 Å². The zero-order valence-electron chi connectivity index (χ0n) is 35.9. The lowest BCUT2D eigenvalue weighted by atomic mass is 10.0. The lowest BCUT2D eigenvalue weighted by Crippen LogP contribution is -2.34. The van der Waals surface area contributed by atoms with Gasteiger partial charge in [0.25, 0.3) is 0 Å². The van der Waals surface area contributed by atoms with Crippen LogP contribution in [-0.2, 0) is 37.5 Å². The second-order valence-electron chi connectivity index (χ2n) is 14.5. The Hall–Kier alpha value is -3.08. The number of phosphoric acid groups is 1. The fourth-order valence-electron chi connectivity index (χ4n) is 5.64. The summed E-state index contributed by atoms with van der Waals surface area (Å²) in [5.74, 6) is -2.44. The summed E-state index contributed by atoms with van der Waals surface area (Å²) < 4.78 is 32.6. The average molecular weight is 836 g/mol. The van der Waals surface area contributed by atoms with Gasteiger partial charge in [-0.1, -0.05) is 170 Å². The quantitative estimate of drug-likeness (QED) is 0.0176. The molecule has 0 aromatic heterocycles. The van der Waals surface area contributed by atoms with Gasteiger partial charge < -0.3 is 25.2 Å². The number of carbonyl (C=O) groups is 3. The van der Waals surface area contributed by atoms with Crippen LogP contribution in [0.4, 0.5) is 0 Å². The number of carbonyl (C=O) groups excluding carboxylic acids is 2. The van der Waals surface area contributed by atoms with Gasteiger partial charge in [0, 0.05) is 12.8 Å². The van der Waals surface area contributed by atoms with Crippen LogP contribution in [0.2, 0.25) is 0 Å². The number of nitrogens with two attached hydrogens (primary N) is 1. The number of unbranched alkanes of at least 4 members (excludes halogenated alkanes) is 17. The minimum Gasteiger partial charge on any atom is -0.480 e. The smallest absolute Gasteiger partial charge is 0.472 e. The third-order valence-electron chi connectivity index (χ3n) is 9.04. The molecule has 58 heavy (non-hydrogen) atoms. The molecule has 4 N–H and O–H groups in total. The van der Waals surface area contributed by atoms with Gasteiger partial charge in [-0.2, -0.15) is 0 Å². The number of carboxylic acids is 1. The van der Waals surface area contributed by atoms with Gasteiger partial charge in [0.2, 0.25) is 0 Å². The van der Waals surface area contributed by atoms with Crippen molar-refractivity contribution in [3.8, 4) is 0 Å². The van der Waals surface area contributed by atoms with Crippen molar-refractivity contribution < 1.29 is 47.5 Å². The van der Waals surface area contributed by atoms with Crippen molar-refractivity contribution in [3.63, 3.8) is 0 Å². The molecule has 12 heteroatoms. The molecular formula is C46H78NO10P. The number of esters is 2. The minimum absolute atomic E-state index is 0.112. The van der Waals surface area contributed by atoms with E-state index in [9.17, 15) is 23.8 Å². The number of allylic oxidation sites excluding steroid dienone is 12. The second-order valence-corrected chi connectivity index (χ2v) is 16.0. The molecule has 0 saturated heterocycles. The average Bonchev–Trinajstić information content (AvgIpc) is 3.20. The number of hydrogen-bond donors (Lipinski definition) is 3. The number of ether oxygens (including phenoxy) is 2. The number of hydrogen-bond acceptors (Lipinski definition) is 9. The molecule has 0 fully saturated rings. The first kappa shape index (κ1) is 54.9. The van der Waals surface area contributed by atoms with E-state index in [2.05, 4.69) is 54.8 Å². The predicted octanol–water partition coefficient (Wildman–Crippen LogP) is 11.7. The third kappa shape index (κ3) is 39.7. The van der Waals surface area contributed by atoms with Crippen molar-refractivity contribution >= 4 is 25.7 Å². The van der Waals surface area contributed by atoms with Gasteiger partial charge in [-0.05, 0) is 57.8 Å². The maximum atomic E-state index is 12.6. The number of rotatable bonds is 40. The SMILES string of the molecule is CC/C=C/C=C/C=C/C=C/CCCCCC(=O)OC(COC(=O)CCCCCCCCCCCCCCCC/C=C/C/C=C/CC)COP(=O)(O)OC[C@H](N)C(=O)O. The standard InChI is InChI=1S/C46H78NO10P/c1-3-5-7-9-11-13-15-17-18-19-20-21-22-23-24-26-27-29-31-33-35-37-44(48)54-39-42(40-55-58(52,53)56-41-43(47)46(50)51)57-45(49)38-36-34-32-30-28-25-16-14-12-10-8-6-4-2/h5-8,10-14,16,25,28,42-43H,3-4,9,15,17-24,26-27,29-41,47H2,1-2H3,(H,50,51)(H,52,53)/b7-5+,8-6+,12-10+,13-11+,16-14+,28-25+/t42?,43-/m0/s1. The zero-order chi connectivity index (χ0) is 42.8. The van der Waals surface area contributed by atoms with Gasteiger partial charge in [-0.15, -0.1) is 0 Å². The van der Waals surface area contributed by atoms with Gasteiger partial charge in [-0.3, -0.25) is 23.4 Å². The molecule has 0 heterocycles. The minimum atomic E-state index is -4.73. The number of aliphatic carboxylic acids is 1. The zero-order valence-corrected chi connectivity index (χ0v) is 36.8. The molecule has 11 nitrogen and oxygen atoms in total. The van der Waals surface area contributed by atoms with Crippen LogP contribution in [-0.4, -0.2) is 59.9 Å². The van der Waals surface area contributed by atoms with E-state index < -0.39 is 51.1 Å². The summed E-state index contributed by atoms with van der Waals surface area (Å²) in [7, 11) is -4.73. The Morgan fingerprint density at radius 2 is 1.00 bits per heavy atom. The third-order valence-corrected chi connectivity index (χ3v) is 10.00. The Kier molecular flexibility index (Phi) is 38.5. The van der Waals surface area contributed by atoms with Crippen LogP contribution in [0.15, 0.2) is 72.9 Å². The Morgan fingerprint density at radius 1 is 0.552 bits per heavy atom. The van der Waals surface area contributed by atoms with E-state index in [1.807, 2.05) is 36.5 Å². The van der Waals surface area contributed by atoms with Crippen molar-refractivity contribution in [1.29, 1.82) is 0 Å². The van der Waals surface area contributed by atoms with Gasteiger partial charge in [0.1, 0.15) is 12.6 Å². The highest BCUT2D eigenvalue weighted by Gasteiger charge is 2.28. The summed E-state index contributed by atoms with van der Waals surface area (Å²) in [5.41, 5.74) is 5.33. The number of phosphoric ester groups is 1. The number of carboxylic acid groups (broad SMARTS) is 1. The molecule has 0 bridgehead atoms. The van der Waals surface area contributed by atoms with E-state index in [0.717, 1.165) is 57.8 Å². The first-order chi connectivity index (χ1) is 28.1. The van der Waals surface area contributed by atoms with Crippen LogP contribution in [0.25, 0.3) is 0 Å². The highest BCUT2D eigenvalue weighted by Crippen LogP contribution is 2.43.